The molecular weight excluding hydrogens is 262 g/mol. The highest BCUT2D eigenvalue weighted by Crippen LogP contribution is 2.20. The van der Waals surface area contributed by atoms with E-state index in [-0.39, 0.29) is 5.54 Å². The van der Waals surface area contributed by atoms with Crippen LogP contribution in [-0.2, 0) is 11.3 Å². The van der Waals surface area contributed by atoms with Crippen molar-refractivity contribution in [3.63, 3.8) is 0 Å². The first-order chi connectivity index (χ1) is 9.94. The van der Waals surface area contributed by atoms with Crippen LogP contribution in [0.25, 0.3) is 0 Å². The first-order valence-corrected chi connectivity index (χ1v) is 7.93. The minimum atomic E-state index is 0.117. The third-order valence-electron chi connectivity index (χ3n) is 3.91. The summed E-state index contributed by atoms with van der Waals surface area (Å²) in [6.45, 7) is 10.3. The third-order valence-corrected chi connectivity index (χ3v) is 3.91. The molecule has 0 spiro atoms. The minimum Gasteiger partial charge on any atom is -0.381 e. The second-order valence-corrected chi connectivity index (χ2v) is 7.05. The molecule has 0 bridgehead atoms. The maximum absolute atomic E-state index is 5.43. The molecule has 2 rings (SSSR count). The highest BCUT2D eigenvalue weighted by atomic mass is 16.5. The van der Waals surface area contributed by atoms with E-state index in [1.165, 1.54) is 18.5 Å². The zero-order valence-corrected chi connectivity index (χ0v) is 13.9. The molecule has 0 saturated carbocycles. The topological polar surface area (TPSA) is 37.4 Å². The first-order valence-electron chi connectivity index (χ1n) is 7.93. The Bertz CT molecular complexity index is 436. The Labute approximate surface area is 128 Å². The Morgan fingerprint density at radius 3 is 2.71 bits per heavy atom. The maximum atomic E-state index is 5.43. The van der Waals surface area contributed by atoms with Gasteiger partial charge in [-0.3, -0.25) is 4.98 Å². The lowest BCUT2D eigenvalue weighted by molar-refractivity contribution is 0.0685. The van der Waals surface area contributed by atoms with Crippen LogP contribution >= 0.6 is 0 Å². The van der Waals surface area contributed by atoms with Gasteiger partial charge in [-0.2, -0.15) is 0 Å². The van der Waals surface area contributed by atoms with Gasteiger partial charge in [0.2, 0.25) is 0 Å². The van der Waals surface area contributed by atoms with Crippen LogP contribution in [0.5, 0.6) is 0 Å². The molecule has 1 aromatic heterocycles. The quantitative estimate of drug-likeness (QED) is 0.905. The highest BCUT2D eigenvalue weighted by molar-refractivity contribution is 5.45. The van der Waals surface area contributed by atoms with E-state index in [9.17, 15) is 0 Å². The van der Waals surface area contributed by atoms with E-state index in [0.717, 1.165) is 37.9 Å². The normalized spacial score (nSPS) is 17.0. The number of anilines is 1. The monoisotopic (exact) mass is 291 g/mol. The highest BCUT2D eigenvalue weighted by Gasteiger charge is 2.16. The number of aromatic nitrogens is 1. The van der Waals surface area contributed by atoms with Crippen molar-refractivity contribution in [1.29, 1.82) is 0 Å². The molecule has 1 N–H and O–H groups in total. The van der Waals surface area contributed by atoms with Crippen molar-refractivity contribution in [2.24, 2.45) is 5.92 Å². The summed E-state index contributed by atoms with van der Waals surface area (Å²) in [5.41, 5.74) is 2.47. The third kappa shape index (κ3) is 5.64. The van der Waals surface area contributed by atoms with Gasteiger partial charge < -0.3 is 15.0 Å². The molecule has 0 aliphatic carbocycles. The fourth-order valence-corrected chi connectivity index (χ4v) is 2.58. The average molecular weight is 291 g/mol. The van der Waals surface area contributed by atoms with Crippen LogP contribution in [-0.4, -0.2) is 37.3 Å². The summed E-state index contributed by atoms with van der Waals surface area (Å²) in [5.74, 6) is 0.744. The smallest absolute Gasteiger partial charge is 0.0562 e. The number of hydrogen-bond donors (Lipinski definition) is 1. The Balaban J connectivity index is 1.92. The number of hydrogen-bond acceptors (Lipinski definition) is 4. The van der Waals surface area contributed by atoms with Gasteiger partial charge >= 0.3 is 0 Å². The molecule has 0 unspecified atom stereocenters. The molecule has 1 fully saturated rings. The molecule has 1 aliphatic heterocycles. The van der Waals surface area contributed by atoms with Gasteiger partial charge in [0.1, 0.15) is 0 Å². The van der Waals surface area contributed by atoms with E-state index < -0.39 is 0 Å². The molecule has 4 nitrogen and oxygen atoms in total. The predicted octanol–water partition coefficient (Wildman–Crippen LogP) is 2.83. The van der Waals surface area contributed by atoms with Gasteiger partial charge in [-0.15, -0.1) is 0 Å². The van der Waals surface area contributed by atoms with Crippen LogP contribution < -0.4 is 10.2 Å². The lowest BCUT2D eigenvalue weighted by Crippen LogP contribution is -2.35. The van der Waals surface area contributed by atoms with Gasteiger partial charge in [0.05, 0.1) is 5.69 Å². The molecule has 1 aliphatic rings. The van der Waals surface area contributed by atoms with Crippen LogP contribution in [0.4, 0.5) is 5.69 Å². The lowest BCUT2D eigenvalue weighted by atomic mass is 10.00. The Kier molecular flexibility index (Phi) is 5.59. The summed E-state index contributed by atoms with van der Waals surface area (Å²) in [5, 5.41) is 3.49. The molecule has 1 aromatic rings. The number of ether oxygens (including phenoxy) is 1. The van der Waals surface area contributed by atoms with Crippen molar-refractivity contribution in [1.82, 2.24) is 10.3 Å². The van der Waals surface area contributed by atoms with Crippen molar-refractivity contribution >= 4 is 5.69 Å². The zero-order valence-electron chi connectivity index (χ0n) is 13.9. The summed E-state index contributed by atoms with van der Waals surface area (Å²) >= 11 is 0. The van der Waals surface area contributed by atoms with Crippen LogP contribution in [0.3, 0.4) is 0 Å². The molecule has 2 heterocycles. The molecule has 4 heteroatoms. The largest absolute Gasteiger partial charge is 0.381 e. The van der Waals surface area contributed by atoms with Gasteiger partial charge in [0.15, 0.2) is 0 Å². The number of pyridine rings is 1. The van der Waals surface area contributed by atoms with E-state index in [4.69, 9.17) is 4.74 Å². The summed E-state index contributed by atoms with van der Waals surface area (Å²) in [6, 6.07) is 4.29. The van der Waals surface area contributed by atoms with Crippen molar-refractivity contribution in [2.45, 2.75) is 45.7 Å². The van der Waals surface area contributed by atoms with E-state index >= 15 is 0 Å². The summed E-state index contributed by atoms with van der Waals surface area (Å²) in [7, 11) is 2.17. The molecule has 0 atom stereocenters. The van der Waals surface area contributed by atoms with Crippen LogP contribution in [0.15, 0.2) is 18.3 Å². The maximum Gasteiger partial charge on any atom is 0.0562 e. The molecule has 21 heavy (non-hydrogen) atoms. The Morgan fingerprint density at radius 2 is 2.05 bits per heavy atom. The van der Waals surface area contributed by atoms with Gasteiger partial charge in [0, 0.05) is 50.8 Å². The standard InChI is InChI=1S/C17H29N3O/c1-17(2,3)19-12-15-11-16(5-8-18-15)20(4)13-14-6-9-21-10-7-14/h5,8,11,14,19H,6-7,9-10,12-13H2,1-4H3. The Morgan fingerprint density at radius 1 is 1.33 bits per heavy atom. The summed E-state index contributed by atoms with van der Waals surface area (Å²) < 4.78 is 5.43. The van der Waals surface area contributed by atoms with Crippen molar-refractivity contribution < 1.29 is 4.74 Å². The van der Waals surface area contributed by atoms with Gasteiger partial charge in [0.25, 0.3) is 0 Å². The second-order valence-electron chi connectivity index (χ2n) is 7.05. The lowest BCUT2D eigenvalue weighted by Gasteiger charge is -2.28. The number of rotatable bonds is 5. The van der Waals surface area contributed by atoms with Crippen molar-refractivity contribution in [3.05, 3.63) is 24.0 Å². The number of nitrogens with one attached hydrogen (secondary N) is 1. The molecule has 118 valence electrons. The number of nitrogens with zero attached hydrogens (tertiary/aromatic N) is 2. The summed E-state index contributed by atoms with van der Waals surface area (Å²) in [4.78, 5) is 6.81. The molecule has 0 aromatic carbocycles. The van der Waals surface area contributed by atoms with E-state index in [1.54, 1.807) is 0 Å². The fourth-order valence-electron chi connectivity index (χ4n) is 2.58. The van der Waals surface area contributed by atoms with Gasteiger partial charge in [-0.05, 0) is 51.7 Å². The van der Waals surface area contributed by atoms with Gasteiger partial charge in [-0.25, -0.2) is 0 Å². The van der Waals surface area contributed by atoms with E-state index in [0.29, 0.717) is 0 Å². The van der Waals surface area contributed by atoms with E-state index in [1.807, 2.05) is 6.20 Å². The average Bonchev–Trinajstić information content (AvgIpc) is 2.46. The second kappa shape index (κ2) is 7.23. The van der Waals surface area contributed by atoms with Crippen LogP contribution in [0.2, 0.25) is 0 Å². The molecular formula is C17H29N3O. The molecule has 0 amide bonds. The van der Waals surface area contributed by atoms with Crippen molar-refractivity contribution in [3.8, 4) is 0 Å². The minimum absolute atomic E-state index is 0.117. The summed E-state index contributed by atoms with van der Waals surface area (Å²) in [6.07, 6.45) is 4.26. The fraction of sp³-hybridized carbons (Fsp3) is 0.706. The zero-order chi connectivity index (χ0) is 15.3. The molecule has 0 radical (unpaired) electrons. The SMILES string of the molecule is CN(CC1CCOCC1)c1ccnc(CNC(C)(C)C)c1. The first kappa shape index (κ1) is 16.2. The van der Waals surface area contributed by atoms with Crippen molar-refractivity contribution in [2.75, 3.05) is 31.7 Å². The Hall–Kier alpha value is -1.13. The van der Waals surface area contributed by atoms with Crippen LogP contribution in [0, 0.1) is 5.92 Å². The van der Waals surface area contributed by atoms with E-state index in [2.05, 4.69) is 55.2 Å². The van der Waals surface area contributed by atoms with Gasteiger partial charge in [-0.1, -0.05) is 0 Å². The van der Waals surface area contributed by atoms with Crippen LogP contribution in [0.1, 0.15) is 39.3 Å². The molecule has 1 saturated heterocycles. The predicted molar refractivity (Wildman–Crippen MR) is 87.6 cm³/mol.